The second-order valence-corrected chi connectivity index (χ2v) is 7.30. The van der Waals surface area contributed by atoms with Crippen molar-refractivity contribution in [2.75, 3.05) is 22.2 Å². The average molecular weight is 405 g/mol. The third kappa shape index (κ3) is 3.98. The molecule has 0 unspecified atom stereocenters. The van der Waals surface area contributed by atoms with Crippen LogP contribution in [-0.4, -0.2) is 22.5 Å². The highest BCUT2D eigenvalue weighted by atomic mass is 19.1. The number of hydroxylamine groups is 1. The maximum atomic E-state index is 12.9. The van der Waals surface area contributed by atoms with E-state index < -0.39 is 6.03 Å². The Labute approximate surface area is 172 Å². The van der Waals surface area contributed by atoms with Crippen LogP contribution in [0.15, 0.2) is 54.6 Å². The number of nitrogens with zero attached hydrogens (tertiary/aromatic N) is 2. The van der Waals surface area contributed by atoms with Gasteiger partial charge in [-0.2, -0.15) is 5.06 Å². The number of fused-ring (bicyclic) bond motifs is 1. The van der Waals surface area contributed by atoms with E-state index in [0.717, 1.165) is 17.3 Å². The van der Waals surface area contributed by atoms with E-state index in [9.17, 15) is 9.18 Å². The summed E-state index contributed by atoms with van der Waals surface area (Å²) in [6.45, 7) is 0.599. The summed E-state index contributed by atoms with van der Waals surface area (Å²) in [6, 6.07) is 12.2. The molecule has 0 radical (unpaired) electrons. The summed E-state index contributed by atoms with van der Waals surface area (Å²) in [6.07, 6.45) is 6.41. The molecule has 1 fully saturated rings. The molecule has 152 valence electrons. The molecule has 2 aliphatic rings. The van der Waals surface area contributed by atoms with E-state index in [1.165, 1.54) is 37.1 Å². The molecule has 3 N–H and O–H groups in total. The zero-order chi connectivity index (χ0) is 20.5. The first kappa shape index (κ1) is 18.2. The van der Waals surface area contributed by atoms with Crippen LogP contribution in [0.3, 0.4) is 0 Å². The maximum absolute atomic E-state index is 12.9. The largest absolute Gasteiger partial charge is 0.378 e. The highest BCUT2D eigenvalue weighted by Crippen LogP contribution is 2.40. The molecule has 1 saturated carbocycles. The summed E-state index contributed by atoms with van der Waals surface area (Å²) in [7, 11) is 0. The van der Waals surface area contributed by atoms with Crippen LogP contribution < -0.4 is 20.5 Å². The lowest BCUT2D eigenvalue weighted by atomic mass is 10.3. The molecule has 30 heavy (non-hydrogen) atoms. The smallest absolute Gasteiger partial charge is 0.323 e. The predicted octanol–water partition coefficient (Wildman–Crippen LogP) is 4.90. The van der Waals surface area contributed by atoms with Crippen molar-refractivity contribution < 1.29 is 14.0 Å². The Bertz CT molecular complexity index is 1090. The zero-order valence-electron chi connectivity index (χ0n) is 16.1. The number of benzene rings is 2. The molecular weight excluding hydrogens is 385 g/mol. The third-order valence-electron chi connectivity index (χ3n) is 4.92. The van der Waals surface area contributed by atoms with Crippen molar-refractivity contribution in [2.45, 2.75) is 18.8 Å². The fourth-order valence-electron chi connectivity index (χ4n) is 3.24. The standard InChI is InChI=1S/C22H20FN5O2/c23-15-5-7-16(8-6-15)24-22(29)25-17-9-11-18(12-10-17)30-28-13-1-2-19-21(28)27-20(26-19)14-3-4-14/h1-2,5-12,14H,3-4,13H2,(H,26,27)(H2,24,25,29). The number of aromatic amines is 1. The first-order valence-corrected chi connectivity index (χ1v) is 9.80. The molecule has 3 aromatic rings. The molecule has 8 heteroatoms. The summed E-state index contributed by atoms with van der Waals surface area (Å²) >= 11 is 0. The summed E-state index contributed by atoms with van der Waals surface area (Å²) in [4.78, 5) is 26.2. The van der Waals surface area contributed by atoms with Crippen LogP contribution in [0, 0.1) is 5.82 Å². The van der Waals surface area contributed by atoms with Gasteiger partial charge in [0.25, 0.3) is 0 Å². The zero-order valence-corrected chi connectivity index (χ0v) is 16.1. The van der Waals surface area contributed by atoms with Gasteiger partial charge in [0.15, 0.2) is 11.6 Å². The van der Waals surface area contributed by atoms with Gasteiger partial charge in [-0.05, 0) is 67.4 Å². The number of imidazole rings is 1. The molecule has 1 aliphatic heterocycles. The first-order chi connectivity index (χ1) is 14.6. The van der Waals surface area contributed by atoms with Crippen molar-refractivity contribution in [3.05, 3.63) is 71.9 Å². The highest BCUT2D eigenvalue weighted by molar-refractivity contribution is 5.99. The number of amides is 2. The summed E-state index contributed by atoms with van der Waals surface area (Å²) in [5.74, 6) is 2.63. The topological polar surface area (TPSA) is 82.3 Å². The van der Waals surface area contributed by atoms with Crippen LogP contribution in [0.5, 0.6) is 5.75 Å². The number of urea groups is 1. The predicted molar refractivity (Wildman–Crippen MR) is 113 cm³/mol. The first-order valence-electron chi connectivity index (χ1n) is 9.80. The number of aromatic nitrogens is 2. The Hall–Kier alpha value is -3.81. The van der Waals surface area contributed by atoms with Gasteiger partial charge in [-0.15, -0.1) is 0 Å². The minimum atomic E-state index is -0.412. The molecular formula is C22H20FN5O2. The Morgan fingerprint density at radius 2 is 1.73 bits per heavy atom. The Balaban J connectivity index is 1.21. The molecule has 0 saturated heterocycles. The van der Waals surface area contributed by atoms with Gasteiger partial charge in [-0.1, -0.05) is 6.08 Å². The lowest BCUT2D eigenvalue weighted by Gasteiger charge is -2.23. The number of nitrogens with one attached hydrogen (secondary N) is 3. The van der Waals surface area contributed by atoms with E-state index in [1.807, 2.05) is 12.2 Å². The summed E-state index contributed by atoms with van der Waals surface area (Å²) in [5, 5.41) is 7.13. The molecule has 0 bridgehead atoms. The average Bonchev–Trinajstić information content (AvgIpc) is 3.50. The number of anilines is 3. The monoisotopic (exact) mass is 405 g/mol. The SMILES string of the molecule is O=C(Nc1ccc(F)cc1)Nc1ccc(ON2CC=Cc3[nH]c(C4CC4)nc32)cc1. The van der Waals surface area contributed by atoms with Gasteiger partial charge >= 0.3 is 6.03 Å². The minimum absolute atomic E-state index is 0.355. The van der Waals surface area contributed by atoms with Gasteiger partial charge in [0, 0.05) is 17.3 Å². The van der Waals surface area contributed by atoms with E-state index >= 15 is 0 Å². The molecule has 2 amide bonds. The van der Waals surface area contributed by atoms with Crippen molar-refractivity contribution in [3.63, 3.8) is 0 Å². The van der Waals surface area contributed by atoms with E-state index in [1.54, 1.807) is 29.3 Å². The van der Waals surface area contributed by atoms with E-state index in [4.69, 9.17) is 9.82 Å². The fourth-order valence-corrected chi connectivity index (χ4v) is 3.24. The highest BCUT2D eigenvalue weighted by Gasteiger charge is 2.30. The molecule has 1 aromatic heterocycles. The van der Waals surface area contributed by atoms with Crippen molar-refractivity contribution in [2.24, 2.45) is 0 Å². The van der Waals surface area contributed by atoms with Gasteiger partial charge in [0.1, 0.15) is 11.6 Å². The van der Waals surface area contributed by atoms with Crippen LogP contribution in [0.25, 0.3) is 6.08 Å². The number of hydrogen-bond donors (Lipinski definition) is 3. The summed E-state index contributed by atoms with van der Waals surface area (Å²) < 4.78 is 12.9. The van der Waals surface area contributed by atoms with Crippen LogP contribution in [0.2, 0.25) is 0 Å². The van der Waals surface area contributed by atoms with E-state index in [0.29, 0.717) is 29.6 Å². The Morgan fingerprint density at radius 3 is 2.40 bits per heavy atom. The van der Waals surface area contributed by atoms with Crippen LogP contribution in [0.4, 0.5) is 26.4 Å². The van der Waals surface area contributed by atoms with Crippen molar-refractivity contribution in [3.8, 4) is 5.75 Å². The van der Waals surface area contributed by atoms with Gasteiger partial charge < -0.3 is 20.5 Å². The van der Waals surface area contributed by atoms with Gasteiger partial charge in [-0.25, -0.2) is 14.2 Å². The molecule has 5 rings (SSSR count). The van der Waals surface area contributed by atoms with E-state index in [-0.39, 0.29) is 5.82 Å². The molecule has 1 aliphatic carbocycles. The second kappa shape index (κ2) is 7.55. The molecule has 2 heterocycles. The number of rotatable bonds is 5. The Kier molecular flexibility index (Phi) is 4.59. The van der Waals surface area contributed by atoms with Crippen molar-refractivity contribution >= 4 is 29.3 Å². The van der Waals surface area contributed by atoms with Crippen molar-refractivity contribution in [1.29, 1.82) is 0 Å². The van der Waals surface area contributed by atoms with Gasteiger partial charge in [-0.3, -0.25) is 0 Å². The molecule has 0 spiro atoms. The van der Waals surface area contributed by atoms with E-state index in [2.05, 4.69) is 15.6 Å². The maximum Gasteiger partial charge on any atom is 0.323 e. The van der Waals surface area contributed by atoms with Gasteiger partial charge in [0.05, 0.1) is 12.2 Å². The van der Waals surface area contributed by atoms with Gasteiger partial charge in [0.2, 0.25) is 0 Å². The third-order valence-corrected chi connectivity index (χ3v) is 4.92. The molecule has 2 aromatic carbocycles. The van der Waals surface area contributed by atoms with Crippen molar-refractivity contribution in [1.82, 2.24) is 9.97 Å². The van der Waals surface area contributed by atoms with Crippen LogP contribution in [0.1, 0.15) is 30.3 Å². The normalized spacial score (nSPS) is 14.9. The number of carbonyl (C=O) groups is 1. The number of hydrogen-bond acceptors (Lipinski definition) is 4. The second-order valence-electron chi connectivity index (χ2n) is 7.30. The summed E-state index contributed by atoms with van der Waals surface area (Å²) in [5.41, 5.74) is 2.07. The Morgan fingerprint density at radius 1 is 1.07 bits per heavy atom. The lowest BCUT2D eigenvalue weighted by molar-refractivity contribution is 0.262. The number of carbonyl (C=O) groups excluding carboxylic acids is 1. The molecule has 0 atom stereocenters. The number of H-pyrrole nitrogens is 1. The van der Waals surface area contributed by atoms with Crippen LogP contribution >= 0.6 is 0 Å². The number of halogens is 1. The van der Waals surface area contributed by atoms with Crippen LogP contribution in [-0.2, 0) is 0 Å². The fraction of sp³-hybridized carbons (Fsp3) is 0.182. The molecule has 7 nitrogen and oxygen atoms in total. The lowest BCUT2D eigenvalue weighted by Crippen LogP contribution is -2.30. The minimum Gasteiger partial charge on any atom is -0.378 e. The quantitative estimate of drug-likeness (QED) is 0.564.